The van der Waals surface area contributed by atoms with Gasteiger partial charge in [0, 0.05) is 32.2 Å². The standard InChI is InChI=1S/C22H24FN3O5S/c1-14-10-18-19(31-15(2)22(28)24-18)13-20(14)32(29,30)26-8-6-25(7-9-26)21(27)12-16-4-3-5-17(23)11-16/h3-5,10-11,13,15H,6-9,12H2,1-2H3,(H,24,28)/t15-/m0/s1. The van der Waals surface area contributed by atoms with Crippen molar-refractivity contribution in [3.05, 3.63) is 53.3 Å². The molecule has 32 heavy (non-hydrogen) atoms. The van der Waals surface area contributed by atoms with Crippen molar-refractivity contribution in [2.24, 2.45) is 0 Å². The second-order valence-electron chi connectivity index (χ2n) is 7.95. The summed E-state index contributed by atoms with van der Waals surface area (Å²) >= 11 is 0. The molecule has 0 saturated carbocycles. The Hall–Kier alpha value is -2.98. The van der Waals surface area contributed by atoms with Gasteiger partial charge in [-0.1, -0.05) is 12.1 Å². The number of aryl methyl sites for hydroxylation is 1. The van der Waals surface area contributed by atoms with Crippen LogP contribution in [-0.4, -0.2) is 61.7 Å². The normalized spacial score (nSPS) is 19.2. The number of nitrogens with one attached hydrogen (secondary N) is 1. The first kappa shape index (κ1) is 22.2. The molecule has 1 N–H and O–H groups in total. The van der Waals surface area contributed by atoms with Crippen LogP contribution in [0.4, 0.5) is 10.1 Å². The lowest BCUT2D eigenvalue weighted by Crippen LogP contribution is -2.51. The number of halogens is 1. The molecule has 2 aromatic rings. The van der Waals surface area contributed by atoms with Gasteiger partial charge in [-0.25, -0.2) is 12.8 Å². The van der Waals surface area contributed by atoms with E-state index in [9.17, 15) is 22.4 Å². The highest BCUT2D eigenvalue weighted by molar-refractivity contribution is 7.89. The van der Waals surface area contributed by atoms with Gasteiger partial charge in [-0.05, 0) is 43.2 Å². The average molecular weight is 462 g/mol. The third-order valence-corrected chi connectivity index (χ3v) is 7.70. The van der Waals surface area contributed by atoms with Crippen LogP contribution in [0.5, 0.6) is 5.75 Å². The summed E-state index contributed by atoms with van der Waals surface area (Å²) in [6, 6.07) is 8.91. The zero-order chi connectivity index (χ0) is 23.0. The van der Waals surface area contributed by atoms with E-state index in [-0.39, 0.29) is 49.3 Å². The summed E-state index contributed by atoms with van der Waals surface area (Å²) in [6.45, 7) is 4.06. The number of carbonyl (C=O) groups excluding carboxylic acids is 2. The molecule has 0 bridgehead atoms. The number of nitrogens with zero attached hydrogens (tertiary/aromatic N) is 2. The van der Waals surface area contributed by atoms with Gasteiger partial charge in [0.2, 0.25) is 15.9 Å². The van der Waals surface area contributed by atoms with E-state index in [1.807, 2.05) is 0 Å². The molecule has 2 aliphatic rings. The number of hydrogen-bond acceptors (Lipinski definition) is 5. The number of anilines is 1. The van der Waals surface area contributed by atoms with Crippen molar-refractivity contribution in [3.63, 3.8) is 0 Å². The van der Waals surface area contributed by atoms with Crippen molar-refractivity contribution < 1.29 is 27.1 Å². The monoisotopic (exact) mass is 461 g/mol. The molecule has 1 saturated heterocycles. The van der Waals surface area contributed by atoms with Crippen LogP contribution in [-0.2, 0) is 26.0 Å². The summed E-state index contributed by atoms with van der Waals surface area (Å²) in [5.41, 5.74) is 1.51. The molecule has 2 amide bonds. The Bertz CT molecular complexity index is 1180. The van der Waals surface area contributed by atoms with Crippen LogP contribution >= 0.6 is 0 Å². The molecule has 0 radical (unpaired) electrons. The number of amides is 2. The number of ether oxygens (including phenoxy) is 1. The zero-order valence-corrected chi connectivity index (χ0v) is 18.6. The van der Waals surface area contributed by atoms with Gasteiger partial charge in [-0.15, -0.1) is 0 Å². The molecule has 1 atom stereocenters. The second-order valence-corrected chi connectivity index (χ2v) is 9.86. The molecule has 2 aliphatic heterocycles. The summed E-state index contributed by atoms with van der Waals surface area (Å²) in [4.78, 5) is 26.1. The molecule has 8 nitrogen and oxygen atoms in total. The molecule has 4 rings (SSSR count). The summed E-state index contributed by atoms with van der Waals surface area (Å²) in [5.74, 6) is -0.544. The highest BCUT2D eigenvalue weighted by Gasteiger charge is 2.33. The van der Waals surface area contributed by atoms with Gasteiger partial charge < -0.3 is 15.0 Å². The first-order valence-electron chi connectivity index (χ1n) is 10.3. The number of rotatable bonds is 4. The molecule has 1 fully saturated rings. The smallest absolute Gasteiger partial charge is 0.265 e. The number of fused-ring (bicyclic) bond motifs is 1. The fraction of sp³-hybridized carbons (Fsp3) is 0.364. The van der Waals surface area contributed by atoms with E-state index >= 15 is 0 Å². The van der Waals surface area contributed by atoms with E-state index in [1.54, 1.807) is 36.9 Å². The predicted octanol–water partition coefficient (Wildman–Crippen LogP) is 1.93. The van der Waals surface area contributed by atoms with Gasteiger partial charge in [0.1, 0.15) is 11.6 Å². The minimum atomic E-state index is -3.82. The largest absolute Gasteiger partial charge is 0.479 e. The molecule has 0 unspecified atom stereocenters. The number of carbonyl (C=O) groups is 2. The van der Waals surface area contributed by atoms with Gasteiger partial charge in [-0.2, -0.15) is 4.31 Å². The van der Waals surface area contributed by atoms with E-state index in [2.05, 4.69) is 5.32 Å². The maximum atomic E-state index is 13.4. The Morgan fingerprint density at radius 2 is 1.91 bits per heavy atom. The molecular formula is C22H24FN3O5S. The first-order valence-corrected chi connectivity index (χ1v) is 11.7. The van der Waals surface area contributed by atoms with Crippen molar-refractivity contribution >= 4 is 27.5 Å². The third-order valence-electron chi connectivity index (χ3n) is 5.66. The molecule has 0 spiro atoms. The highest BCUT2D eigenvalue weighted by atomic mass is 32.2. The van der Waals surface area contributed by atoms with E-state index in [0.29, 0.717) is 22.6 Å². The Morgan fingerprint density at radius 1 is 1.19 bits per heavy atom. The average Bonchev–Trinajstić information content (AvgIpc) is 2.74. The maximum Gasteiger partial charge on any atom is 0.265 e. The summed E-state index contributed by atoms with van der Waals surface area (Å²) < 4.78 is 46.8. The Labute approximate surface area is 186 Å². The SMILES string of the molecule is Cc1cc2c(cc1S(=O)(=O)N1CCN(C(=O)Cc3cccc(F)c3)CC1)O[C@@H](C)C(=O)N2. The van der Waals surface area contributed by atoms with Crippen LogP contribution in [0, 0.1) is 12.7 Å². The van der Waals surface area contributed by atoms with Crippen molar-refractivity contribution in [3.8, 4) is 5.75 Å². The Balaban J connectivity index is 1.46. The fourth-order valence-corrected chi connectivity index (χ4v) is 5.52. The molecule has 10 heteroatoms. The number of piperazine rings is 1. The zero-order valence-electron chi connectivity index (χ0n) is 17.8. The summed E-state index contributed by atoms with van der Waals surface area (Å²) in [7, 11) is -3.82. The van der Waals surface area contributed by atoms with Crippen LogP contribution in [0.3, 0.4) is 0 Å². The Morgan fingerprint density at radius 3 is 2.59 bits per heavy atom. The first-order chi connectivity index (χ1) is 15.1. The lowest BCUT2D eigenvalue weighted by Gasteiger charge is -2.34. The topological polar surface area (TPSA) is 96.0 Å². The third kappa shape index (κ3) is 4.33. The second kappa shape index (κ2) is 8.51. The van der Waals surface area contributed by atoms with E-state index in [4.69, 9.17) is 4.74 Å². The van der Waals surface area contributed by atoms with Crippen LogP contribution in [0.25, 0.3) is 0 Å². The highest BCUT2D eigenvalue weighted by Crippen LogP contribution is 2.35. The van der Waals surface area contributed by atoms with E-state index in [0.717, 1.165) is 0 Å². The summed E-state index contributed by atoms with van der Waals surface area (Å²) in [5, 5.41) is 2.71. The van der Waals surface area contributed by atoms with Gasteiger partial charge in [0.25, 0.3) is 5.91 Å². The van der Waals surface area contributed by atoms with Gasteiger partial charge in [0.15, 0.2) is 6.10 Å². The lowest BCUT2D eigenvalue weighted by atomic mass is 10.1. The molecule has 2 aromatic carbocycles. The predicted molar refractivity (Wildman–Crippen MR) is 115 cm³/mol. The quantitative estimate of drug-likeness (QED) is 0.751. The lowest BCUT2D eigenvalue weighted by molar-refractivity contribution is -0.131. The number of benzene rings is 2. The molecule has 0 aromatic heterocycles. The molecule has 170 valence electrons. The summed E-state index contributed by atoms with van der Waals surface area (Å²) in [6.07, 6.45) is -0.649. The number of sulfonamides is 1. The van der Waals surface area contributed by atoms with Crippen molar-refractivity contribution in [2.75, 3.05) is 31.5 Å². The van der Waals surface area contributed by atoms with Crippen LogP contribution in [0.1, 0.15) is 18.1 Å². The minimum absolute atomic E-state index is 0.0652. The molecule has 0 aliphatic carbocycles. The fourth-order valence-electron chi connectivity index (χ4n) is 3.87. The Kier molecular flexibility index (Phi) is 5.91. The van der Waals surface area contributed by atoms with Gasteiger partial charge in [0.05, 0.1) is 17.0 Å². The number of hydrogen-bond donors (Lipinski definition) is 1. The van der Waals surface area contributed by atoms with E-state index < -0.39 is 21.9 Å². The van der Waals surface area contributed by atoms with Gasteiger partial charge >= 0.3 is 0 Å². The minimum Gasteiger partial charge on any atom is -0.479 e. The van der Waals surface area contributed by atoms with Crippen molar-refractivity contribution in [1.82, 2.24) is 9.21 Å². The van der Waals surface area contributed by atoms with Crippen LogP contribution < -0.4 is 10.1 Å². The van der Waals surface area contributed by atoms with Crippen molar-refractivity contribution in [2.45, 2.75) is 31.3 Å². The molecular weight excluding hydrogens is 437 g/mol. The maximum absolute atomic E-state index is 13.4. The van der Waals surface area contributed by atoms with E-state index in [1.165, 1.54) is 22.5 Å². The van der Waals surface area contributed by atoms with Crippen LogP contribution in [0.2, 0.25) is 0 Å². The molecule has 2 heterocycles. The van der Waals surface area contributed by atoms with Gasteiger partial charge in [-0.3, -0.25) is 9.59 Å². The van der Waals surface area contributed by atoms with Crippen molar-refractivity contribution in [1.29, 1.82) is 0 Å². The van der Waals surface area contributed by atoms with Crippen LogP contribution in [0.15, 0.2) is 41.3 Å².